The molecule has 30 heavy (non-hydrogen) atoms. The number of pyridine rings is 2. The number of carbonyl (C=O) groups excluding carboxylic acids is 2. The Morgan fingerprint density at radius 3 is 2.27 bits per heavy atom. The molecule has 1 fully saturated rings. The van der Waals surface area contributed by atoms with Gasteiger partial charge >= 0.3 is 0 Å². The highest BCUT2D eigenvalue weighted by Gasteiger charge is 2.30. The van der Waals surface area contributed by atoms with Gasteiger partial charge in [-0.25, -0.2) is 13.1 Å². The third-order valence-electron chi connectivity index (χ3n) is 4.71. The van der Waals surface area contributed by atoms with Gasteiger partial charge in [-0.15, -0.1) is 0 Å². The van der Waals surface area contributed by atoms with E-state index in [1.807, 2.05) is 12.1 Å². The van der Waals surface area contributed by atoms with Crippen LogP contribution in [0.15, 0.2) is 72.0 Å². The van der Waals surface area contributed by atoms with E-state index in [1.165, 1.54) is 24.3 Å². The SMILES string of the molecule is O=C1CCC(=O)N1c1ccc(S(=O)(=O)NCc2ccc(-c3cccnc3)nc2)cc1. The number of rotatable bonds is 6. The van der Waals surface area contributed by atoms with Gasteiger partial charge in [-0.1, -0.05) is 6.07 Å². The van der Waals surface area contributed by atoms with Crippen LogP contribution in [-0.4, -0.2) is 30.2 Å². The summed E-state index contributed by atoms with van der Waals surface area (Å²) in [6.45, 7) is 0.0769. The van der Waals surface area contributed by atoms with Crippen molar-refractivity contribution < 1.29 is 18.0 Å². The van der Waals surface area contributed by atoms with Crippen LogP contribution in [0.5, 0.6) is 0 Å². The maximum Gasteiger partial charge on any atom is 0.240 e. The van der Waals surface area contributed by atoms with Crippen molar-refractivity contribution in [3.05, 3.63) is 72.7 Å². The lowest BCUT2D eigenvalue weighted by molar-refractivity contribution is -0.121. The number of sulfonamides is 1. The molecule has 1 N–H and O–H groups in total. The van der Waals surface area contributed by atoms with Gasteiger partial charge in [-0.2, -0.15) is 0 Å². The maximum atomic E-state index is 12.6. The highest BCUT2D eigenvalue weighted by atomic mass is 32.2. The third-order valence-corrected chi connectivity index (χ3v) is 6.12. The number of amides is 2. The van der Waals surface area contributed by atoms with Crippen molar-refractivity contribution in [2.45, 2.75) is 24.3 Å². The largest absolute Gasteiger partial charge is 0.274 e. The molecular weight excluding hydrogens is 404 g/mol. The van der Waals surface area contributed by atoms with Crippen LogP contribution in [0.2, 0.25) is 0 Å². The molecule has 0 bridgehead atoms. The Balaban J connectivity index is 1.43. The van der Waals surface area contributed by atoms with Crippen molar-refractivity contribution in [2.75, 3.05) is 4.90 Å². The van der Waals surface area contributed by atoms with Crippen molar-refractivity contribution in [3.8, 4) is 11.3 Å². The zero-order valence-electron chi connectivity index (χ0n) is 15.9. The monoisotopic (exact) mass is 422 g/mol. The first kappa shape index (κ1) is 19.9. The number of hydrogen-bond donors (Lipinski definition) is 1. The molecule has 1 aromatic carbocycles. The maximum absolute atomic E-state index is 12.6. The van der Waals surface area contributed by atoms with Gasteiger partial charge in [-0.3, -0.25) is 24.5 Å². The minimum absolute atomic E-state index is 0.0466. The smallest absolute Gasteiger partial charge is 0.240 e. The van der Waals surface area contributed by atoms with E-state index in [0.29, 0.717) is 11.3 Å². The summed E-state index contributed by atoms with van der Waals surface area (Å²) >= 11 is 0. The van der Waals surface area contributed by atoms with Crippen molar-refractivity contribution in [1.82, 2.24) is 14.7 Å². The summed E-state index contributed by atoms with van der Waals surface area (Å²) < 4.78 is 27.7. The normalized spacial score (nSPS) is 14.3. The zero-order valence-corrected chi connectivity index (χ0v) is 16.7. The quantitative estimate of drug-likeness (QED) is 0.611. The van der Waals surface area contributed by atoms with E-state index >= 15 is 0 Å². The summed E-state index contributed by atoms with van der Waals surface area (Å²) in [4.78, 5) is 33.1. The molecule has 0 unspecified atom stereocenters. The fraction of sp³-hybridized carbons (Fsp3) is 0.143. The fourth-order valence-electron chi connectivity index (χ4n) is 3.11. The Hall–Kier alpha value is -3.43. The summed E-state index contributed by atoms with van der Waals surface area (Å²) in [5, 5.41) is 0. The molecule has 2 amide bonds. The summed E-state index contributed by atoms with van der Waals surface area (Å²) in [7, 11) is -3.76. The van der Waals surface area contributed by atoms with Gasteiger partial charge in [0.1, 0.15) is 0 Å². The molecule has 0 atom stereocenters. The van der Waals surface area contributed by atoms with Crippen molar-refractivity contribution in [3.63, 3.8) is 0 Å². The number of nitrogens with zero attached hydrogens (tertiary/aromatic N) is 3. The number of hydrogen-bond acceptors (Lipinski definition) is 6. The third kappa shape index (κ3) is 4.12. The van der Waals surface area contributed by atoms with E-state index in [4.69, 9.17) is 0 Å². The minimum Gasteiger partial charge on any atom is -0.274 e. The molecule has 0 saturated carbocycles. The first-order valence-corrected chi connectivity index (χ1v) is 10.7. The number of anilines is 1. The van der Waals surface area contributed by atoms with E-state index in [-0.39, 0.29) is 36.1 Å². The van der Waals surface area contributed by atoms with Crippen LogP contribution in [0.4, 0.5) is 5.69 Å². The molecule has 0 aliphatic carbocycles. The zero-order chi connectivity index (χ0) is 21.1. The lowest BCUT2D eigenvalue weighted by Gasteiger charge is -2.14. The predicted molar refractivity (Wildman–Crippen MR) is 110 cm³/mol. The number of carbonyl (C=O) groups is 2. The number of nitrogens with one attached hydrogen (secondary N) is 1. The second kappa shape index (κ2) is 8.13. The molecule has 0 radical (unpaired) electrons. The van der Waals surface area contributed by atoms with Crippen LogP contribution < -0.4 is 9.62 Å². The van der Waals surface area contributed by atoms with Gasteiger partial charge in [0.05, 0.1) is 16.3 Å². The second-order valence-electron chi connectivity index (χ2n) is 6.73. The number of imide groups is 1. The Labute approximate surface area is 173 Å². The fourth-order valence-corrected chi connectivity index (χ4v) is 4.13. The predicted octanol–water partition coefficient (Wildman–Crippen LogP) is 2.28. The van der Waals surface area contributed by atoms with Crippen molar-refractivity contribution in [2.24, 2.45) is 0 Å². The van der Waals surface area contributed by atoms with E-state index < -0.39 is 10.0 Å². The van der Waals surface area contributed by atoms with Gasteiger partial charge < -0.3 is 0 Å². The molecule has 0 spiro atoms. The molecule has 1 aliphatic rings. The molecule has 3 heterocycles. The standard InChI is InChI=1S/C21H18N4O4S/c26-20-9-10-21(27)25(20)17-4-6-18(7-5-17)30(28,29)24-13-15-3-8-19(23-12-15)16-2-1-11-22-14-16/h1-8,11-12,14,24H,9-10,13H2. The van der Waals surface area contributed by atoms with Crippen molar-refractivity contribution >= 4 is 27.5 Å². The number of benzene rings is 1. The van der Waals surface area contributed by atoms with Crippen LogP contribution >= 0.6 is 0 Å². The topological polar surface area (TPSA) is 109 Å². The van der Waals surface area contributed by atoms with E-state index in [9.17, 15) is 18.0 Å². The van der Waals surface area contributed by atoms with E-state index in [2.05, 4.69) is 14.7 Å². The van der Waals surface area contributed by atoms with Crippen LogP contribution in [-0.2, 0) is 26.2 Å². The summed E-state index contributed by atoms with van der Waals surface area (Å²) in [5.74, 6) is -0.563. The summed E-state index contributed by atoms with van der Waals surface area (Å²) in [5.41, 5.74) is 2.70. The minimum atomic E-state index is -3.76. The molecule has 1 aliphatic heterocycles. The van der Waals surface area contributed by atoms with E-state index in [1.54, 1.807) is 30.7 Å². The molecule has 152 valence electrons. The molecule has 1 saturated heterocycles. The van der Waals surface area contributed by atoms with Gasteiger partial charge in [0.2, 0.25) is 21.8 Å². The summed E-state index contributed by atoms with van der Waals surface area (Å²) in [6, 6.07) is 13.0. The van der Waals surface area contributed by atoms with Crippen LogP contribution in [0.25, 0.3) is 11.3 Å². The first-order chi connectivity index (χ1) is 14.4. The lowest BCUT2D eigenvalue weighted by atomic mass is 10.1. The van der Waals surface area contributed by atoms with Crippen molar-refractivity contribution in [1.29, 1.82) is 0 Å². The van der Waals surface area contributed by atoms with Crippen LogP contribution in [0.1, 0.15) is 18.4 Å². The Kier molecular flexibility index (Phi) is 5.39. The van der Waals surface area contributed by atoms with Crippen LogP contribution in [0.3, 0.4) is 0 Å². The molecule has 8 nitrogen and oxygen atoms in total. The highest BCUT2D eigenvalue weighted by Crippen LogP contribution is 2.24. The lowest BCUT2D eigenvalue weighted by Crippen LogP contribution is -2.28. The molecule has 3 aromatic rings. The molecule has 4 rings (SSSR count). The van der Waals surface area contributed by atoms with Crippen LogP contribution in [0, 0.1) is 0 Å². The molecule has 9 heteroatoms. The second-order valence-corrected chi connectivity index (χ2v) is 8.50. The highest BCUT2D eigenvalue weighted by molar-refractivity contribution is 7.89. The molecular formula is C21H18N4O4S. The number of aromatic nitrogens is 2. The first-order valence-electron chi connectivity index (χ1n) is 9.25. The Morgan fingerprint density at radius 1 is 0.933 bits per heavy atom. The average molecular weight is 422 g/mol. The average Bonchev–Trinajstić information content (AvgIpc) is 3.11. The van der Waals surface area contributed by atoms with E-state index in [0.717, 1.165) is 16.2 Å². The Morgan fingerprint density at radius 2 is 1.67 bits per heavy atom. The van der Waals surface area contributed by atoms with Gasteiger partial charge in [0.25, 0.3) is 0 Å². The van der Waals surface area contributed by atoms with Gasteiger partial charge in [-0.05, 0) is 48.0 Å². The Bertz CT molecular complexity index is 1160. The van der Waals surface area contributed by atoms with Gasteiger partial charge in [0, 0.05) is 43.5 Å². The van der Waals surface area contributed by atoms with Gasteiger partial charge in [0.15, 0.2) is 0 Å². The molecule has 2 aromatic heterocycles. The summed E-state index contributed by atoms with van der Waals surface area (Å²) in [6.07, 6.45) is 5.35.